The molecule has 0 aromatic carbocycles. The molecule has 2 rings (SSSR count). The monoisotopic (exact) mass is 289 g/mol. The summed E-state index contributed by atoms with van der Waals surface area (Å²) in [4.78, 5) is 21.1. The smallest absolute Gasteiger partial charge is 0.227 e. The molecule has 1 fully saturated rings. The van der Waals surface area contributed by atoms with Crippen LogP contribution in [-0.2, 0) is 4.79 Å². The van der Waals surface area contributed by atoms with Gasteiger partial charge in [0.15, 0.2) is 0 Å². The van der Waals surface area contributed by atoms with Crippen molar-refractivity contribution in [3.8, 4) is 0 Å². The molecule has 80 valence electrons. The van der Waals surface area contributed by atoms with Crippen LogP contribution < -0.4 is 4.90 Å². The molecule has 0 radical (unpaired) electrons. The summed E-state index contributed by atoms with van der Waals surface area (Å²) in [5, 5.41) is 1.03. The zero-order chi connectivity index (χ0) is 10.8. The fourth-order valence-electron chi connectivity index (χ4n) is 1.58. The van der Waals surface area contributed by atoms with Gasteiger partial charge in [-0.3, -0.25) is 4.79 Å². The van der Waals surface area contributed by atoms with Crippen LogP contribution in [-0.4, -0.2) is 27.7 Å². The minimum Gasteiger partial charge on any atom is -0.309 e. The quantitative estimate of drug-likeness (QED) is 0.617. The number of hydrogen-bond acceptors (Lipinski definition) is 3. The lowest BCUT2D eigenvalue weighted by molar-refractivity contribution is -0.117. The summed E-state index contributed by atoms with van der Waals surface area (Å²) in [6.45, 7) is 0.717. The highest BCUT2D eigenvalue weighted by molar-refractivity contribution is 9.09. The van der Waals surface area contributed by atoms with Gasteiger partial charge in [0, 0.05) is 18.3 Å². The van der Waals surface area contributed by atoms with Gasteiger partial charge in [0.25, 0.3) is 0 Å². The number of carbonyl (C=O) groups is 1. The van der Waals surface area contributed by atoms with Crippen LogP contribution >= 0.6 is 27.5 Å². The van der Waals surface area contributed by atoms with Crippen molar-refractivity contribution in [1.82, 2.24) is 9.97 Å². The van der Waals surface area contributed by atoms with Crippen molar-refractivity contribution in [2.24, 2.45) is 5.92 Å². The van der Waals surface area contributed by atoms with Gasteiger partial charge in [-0.2, -0.15) is 0 Å². The number of rotatable bonds is 2. The molecular weight excluding hydrogens is 281 g/mol. The Balaban J connectivity index is 2.18. The number of nitrogens with zero attached hydrogens (tertiary/aromatic N) is 3. The predicted molar refractivity (Wildman–Crippen MR) is 61.3 cm³/mol. The molecule has 1 aliphatic heterocycles. The van der Waals surface area contributed by atoms with E-state index in [1.807, 2.05) is 0 Å². The Morgan fingerprint density at radius 1 is 1.53 bits per heavy atom. The maximum atomic E-state index is 11.6. The maximum Gasteiger partial charge on any atom is 0.227 e. The first kappa shape index (κ1) is 10.8. The summed E-state index contributed by atoms with van der Waals surface area (Å²) < 4.78 is 0. The van der Waals surface area contributed by atoms with Crippen molar-refractivity contribution < 1.29 is 4.79 Å². The van der Waals surface area contributed by atoms with Gasteiger partial charge in [-0.25, -0.2) is 9.97 Å². The summed E-state index contributed by atoms with van der Waals surface area (Å²) in [6, 6.07) is 0. The normalized spacial score (nSPS) is 21.1. The Morgan fingerprint density at radius 2 is 2.20 bits per heavy atom. The lowest BCUT2D eigenvalue weighted by Crippen LogP contribution is -2.24. The van der Waals surface area contributed by atoms with E-state index in [0.29, 0.717) is 18.0 Å². The lowest BCUT2D eigenvalue weighted by Gasteiger charge is -2.14. The standard InChI is InChI=1S/C9H9BrClN3O/c10-2-6-1-8(15)14(5-6)7-3-12-9(11)13-4-7/h3-4,6H,1-2,5H2. The van der Waals surface area contributed by atoms with Crippen LogP contribution in [0.3, 0.4) is 0 Å². The molecule has 1 atom stereocenters. The summed E-state index contributed by atoms with van der Waals surface area (Å²) in [6.07, 6.45) is 3.72. The molecule has 1 aromatic heterocycles. The Labute approximate surface area is 101 Å². The van der Waals surface area contributed by atoms with E-state index in [9.17, 15) is 4.79 Å². The van der Waals surface area contributed by atoms with Gasteiger partial charge in [-0.1, -0.05) is 15.9 Å². The fraction of sp³-hybridized carbons (Fsp3) is 0.444. The summed E-state index contributed by atoms with van der Waals surface area (Å²) >= 11 is 8.96. The molecule has 0 aliphatic carbocycles. The minimum atomic E-state index is 0.116. The second-order valence-corrected chi connectivity index (χ2v) is 4.42. The zero-order valence-corrected chi connectivity index (χ0v) is 10.2. The molecule has 2 heterocycles. The molecule has 1 amide bonds. The van der Waals surface area contributed by atoms with Gasteiger partial charge in [0.1, 0.15) is 0 Å². The largest absolute Gasteiger partial charge is 0.309 e. The van der Waals surface area contributed by atoms with Crippen LogP contribution in [0, 0.1) is 5.92 Å². The molecule has 0 spiro atoms. The molecule has 0 bridgehead atoms. The third kappa shape index (κ3) is 2.29. The van der Waals surface area contributed by atoms with Crippen LogP contribution in [0.2, 0.25) is 5.28 Å². The van der Waals surface area contributed by atoms with E-state index in [0.717, 1.165) is 11.9 Å². The Kier molecular flexibility index (Phi) is 3.21. The highest BCUT2D eigenvalue weighted by atomic mass is 79.9. The summed E-state index contributed by atoms with van der Waals surface area (Å²) in [5.41, 5.74) is 0.716. The number of halogens is 2. The van der Waals surface area contributed by atoms with Crippen LogP contribution in [0.15, 0.2) is 12.4 Å². The Hall–Kier alpha value is -0.680. The minimum absolute atomic E-state index is 0.116. The van der Waals surface area contributed by atoms with Crippen LogP contribution in [0.1, 0.15) is 6.42 Å². The molecule has 4 nitrogen and oxygen atoms in total. The number of aromatic nitrogens is 2. The predicted octanol–water partition coefficient (Wildman–Crippen LogP) is 1.88. The van der Waals surface area contributed by atoms with Gasteiger partial charge in [0.2, 0.25) is 11.2 Å². The van der Waals surface area contributed by atoms with Crippen molar-refractivity contribution in [2.45, 2.75) is 6.42 Å². The highest BCUT2D eigenvalue weighted by Crippen LogP contribution is 2.25. The molecule has 15 heavy (non-hydrogen) atoms. The summed E-state index contributed by atoms with van der Waals surface area (Å²) in [5.74, 6) is 0.485. The molecule has 1 aromatic rings. The average Bonchev–Trinajstić information content (AvgIpc) is 2.61. The van der Waals surface area contributed by atoms with Gasteiger partial charge < -0.3 is 4.90 Å². The summed E-state index contributed by atoms with van der Waals surface area (Å²) in [7, 11) is 0. The average molecular weight is 291 g/mol. The second-order valence-electron chi connectivity index (χ2n) is 3.44. The first-order valence-electron chi connectivity index (χ1n) is 4.54. The molecule has 0 N–H and O–H groups in total. The van der Waals surface area contributed by atoms with Crippen LogP contribution in [0.25, 0.3) is 0 Å². The third-order valence-electron chi connectivity index (χ3n) is 2.34. The van der Waals surface area contributed by atoms with E-state index in [1.165, 1.54) is 0 Å². The number of alkyl halides is 1. The topological polar surface area (TPSA) is 46.1 Å². The van der Waals surface area contributed by atoms with E-state index >= 15 is 0 Å². The molecule has 1 saturated heterocycles. The SMILES string of the molecule is O=C1CC(CBr)CN1c1cnc(Cl)nc1. The van der Waals surface area contributed by atoms with E-state index in [2.05, 4.69) is 25.9 Å². The third-order valence-corrected chi connectivity index (χ3v) is 3.45. The Morgan fingerprint density at radius 3 is 2.73 bits per heavy atom. The zero-order valence-electron chi connectivity index (χ0n) is 7.86. The van der Waals surface area contributed by atoms with Gasteiger partial charge in [-0.05, 0) is 17.5 Å². The number of anilines is 1. The first-order chi connectivity index (χ1) is 7.20. The van der Waals surface area contributed by atoms with Gasteiger partial charge in [0.05, 0.1) is 18.1 Å². The van der Waals surface area contributed by atoms with Crippen molar-refractivity contribution >= 4 is 39.1 Å². The van der Waals surface area contributed by atoms with E-state index < -0.39 is 0 Å². The van der Waals surface area contributed by atoms with Crippen molar-refractivity contribution in [3.63, 3.8) is 0 Å². The van der Waals surface area contributed by atoms with E-state index in [4.69, 9.17) is 11.6 Å². The van der Waals surface area contributed by atoms with E-state index in [1.54, 1.807) is 17.3 Å². The number of amides is 1. The van der Waals surface area contributed by atoms with Crippen LogP contribution in [0.4, 0.5) is 5.69 Å². The molecule has 6 heteroatoms. The Bertz CT molecular complexity index is 370. The molecular formula is C9H9BrClN3O. The lowest BCUT2D eigenvalue weighted by atomic mass is 10.2. The van der Waals surface area contributed by atoms with Gasteiger partial charge in [-0.15, -0.1) is 0 Å². The second kappa shape index (κ2) is 4.45. The fourth-order valence-corrected chi connectivity index (χ4v) is 2.11. The molecule has 0 saturated carbocycles. The van der Waals surface area contributed by atoms with Crippen LogP contribution in [0.5, 0.6) is 0 Å². The van der Waals surface area contributed by atoms with Crippen molar-refractivity contribution in [1.29, 1.82) is 0 Å². The van der Waals surface area contributed by atoms with Gasteiger partial charge >= 0.3 is 0 Å². The number of hydrogen-bond donors (Lipinski definition) is 0. The molecule has 1 aliphatic rings. The van der Waals surface area contributed by atoms with Crippen molar-refractivity contribution in [2.75, 3.05) is 16.8 Å². The van der Waals surface area contributed by atoms with E-state index in [-0.39, 0.29) is 11.2 Å². The molecule has 1 unspecified atom stereocenters. The number of carbonyl (C=O) groups excluding carboxylic acids is 1. The first-order valence-corrected chi connectivity index (χ1v) is 6.04. The maximum absolute atomic E-state index is 11.6. The highest BCUT2D eigenvalue weighted by Gasteiger charge is 2.30. The van der Waals surface area contributed by atoms with Crippen molar-refractivity contribution in [3.05, 3.63) is 17.7 Å².